The topological polar surface area (TPSA) is 39.9 Å². The maximum atomic E-state index is 8.88. The Balaban J connectivity index is 2.31. The van der Waals surface area contributed by atoms with E-state index in [4.69, 9.17) is 16.9 Å². The molecular formula is C16H15BrClN3. The van der Waals surface area contributed by atoms with E-state index in [2.05, 4.69) is 31.9 Å². The minimum atomic E-state index is 0.443. The second-order valence-corrected chi connectivity index (χ2v) is 5.78. The standard InChI is InChI=1S/C16H15BrClN3/c17-15-5-4-14(10-18)16(9-15)21(8-2-6-19)12-13-3-1-7-20-11-13/h1,3-5,7,9,11H,2,8,10,12H2. The van der Waals surface area contributed by atoms with Crippen molar-refractivity contribution >= 4 is 33.2 Å². The Morgan fingerprint density at radius 2 is 2.19 bits per heavy atom. The summed E-state index contributed by atoms with van der Waals surface area (Å²) >= 11 is 9.55. The summed E-state index contributed by atoms with van der Waals surface area (Å²) in [6, 6.07) is 12.2. The molecule has 0 fully saturated rings. The zero-order valence-corrected chi connectivity index (χ0v) is 13.8. The lowest BCUT2D eigenvalue weighted by Gasteiger charge is -2.26. The molecule has 0 saturated heterocycles. The van der Waals surface area contributed by atoms with E-state index in [-0.39, 0.29) is 0 Å². The predicted octanol–water partition coefficient (Wildman–Crippen LogP) is 4.50. The summed E-state index contributed by atoms with van der Waals surface area (Å²) in [4.78, 5) is 6.31. The van der Waals surface area contributed by atoms with E-state index in [1.165, 1.54) is 0 Å². The first-order valence-electron chi connectivity index (χ1n) is 6.60. The highest BCUT2D eigenvalue weighted by atomic mass is 79.9. The van der Waals surface area contributed by atoms with Gasteiger partial charge >= 0.3 is 0 Å². The van der Waals surface area contributed by atoms with Crippen molar-refractivity contribution in [1.29, 1.82) is 5.26 Å². The van der Waals surface area contributed by atoms with E-state index >= 15 is 0 Å². The van der Waals surface area contributed by atoms with Gasteiger partial charge in [0, 0.05) is 41.5 Å². The third-order valence-corrected chi connectivity index (χ3v) is 3.90. The lowest BCUT2D eigenvalue weighted by molar-refractivity contribution is 0.791. The number of anilines is 1. The maximum Gasteiger partial charge on any atom is 0.0640 e. The van der Waals surface area contributed by atoms with Crippen LogP contribution in [0.5, 0.6) is 0 Å². The summed E-state index contributed by atoms with van der Waals surface area (Å²) in [5.74, 6) is 0.443. The van der Waals surface area contributed by atoms with Crippen LogP contribution in [-0.2, 0) is 12.4 Å². The Morgan fingerprint density at radius 3 is 2.86 bits per heavy atom. The summed E-state index contributed by atoms with van der Waals surface area (Å²) in [5.41, 5.74) is 3.22. The van der Waals surface area contributed by atoms with Crippen LogP contribution in [0.4, 0.5) is 5.69 Å². The molecule has 1 aromatic carbocycles. The predicted molar refractivity (Wildman–Crippen MR) is 89.2 cm³/mol. The number of nitrogens with zero attached hydrogens (tertiary/aromatic N) is 3. The van der Waals surface area contributed by atoms with Gasteiger partial charge in [-0.1, -0.05) is 28.1 Å². The zero-order chi connectivity index (χ0) is 15.1. The third kappa shape index (κ3) is 4.45. The first-order valence-corrected chi connectivity index (χ1v) is 7.92. The maximum absolute atomic E-state index is 8.88. The number of alkyl halides is 1. The lowest BCUT2D eigenvalue weighted by atomic mass is 10.1. The molecule has 0 atom stereocenters. The number of benzene rings is 1. The van der Waals surface area contributed by atoms with Gasteiger partial charge in [-0.15, -0.1) is 11.6 Å². The molecule has 0 aliphatic heterocycles. The second kappa shape index (κ2) is 8.02. The van der Waals surface area contributed by atoms with Crippen LogP contribution in [0.25, 0.3) is 0 Å². The van der Waals surface area contributed by atoms with Gasteiger partial charge in [0.15, 0.2) is 0 Å². The molecule has 0 bridgehead atoms. The van der Waals surface area contributed by atoms with E-state index in [1.54, 1.807) is 6.20 Å². The average Bonchev–Trinajstić information content (AvgIpc) is 2.52. The largest absolute Gasteiger partial charge is 0.366 e. The van der Waals surface area contributed by atoms with Crippen molar-refractivity contribution in [3.05, 3.63) is 58.3 Å². The fraction of sp³-hybridized carbons (Fsp3) is 0.250. The Kier molecular flexibility index (Phi) is 6.04. The number of halogens is 2. The number of nitriles is 1. The molecule has 0 unspecified atom stereocenters. The number of hydrogen-bond acceptors (Lipinski definition) is 3. The monoisotopic (exact) mass is 363 g/mol. The van der Waals surface area contributed by atoms with Crippen molar-refractivity contribution in [3.8, 4) is 6.07 Å². The fourth-order valence-electron chi connectivity index (χ4n) is 2.13. The molecule has 0 amide bonds. The number of hydrogen-bond donors (Lipinski definition) is 0. The minimum absolute atomic E-state index is 0.443. The van der Waals surface area contributed by atoms with Crippen molar-refractivity contribution in [1.82, 2.24) is 4.98 Å². The van der Waals surface area contributed by atoms with Crippen LogP contribution in [0, 0.1) is 11.3 Å². The van der Waals surface area contributed by atoms with Gasteiger partial charge in [0.25, 0.3) is 0 Å². The lowest BCUT2D eigenvalue weighted by Crippen LogP contribution is -2.24. The van der Waals surface area contributed by atoms with Crippen molar-refractivity contribution < 1.29 is 0 Å². The van der Waals surface area contributed by atoms with Crippen LogP contribution in [0.3, 0.4) is 0 Å². The minimum Gasteiger partial charge on any atom is -0.366 e. The molecule has 5 heteroatoms. The van der Waals surface area contributed by atoms with Crippen molar-refractivity contribution in [3.63, 3.8) is 0 Å². The van der Waals surface area contributed by atoms with E-state index in [0.29, 0.717) is 25.4 Å². The van der Waals surface area contributed by atoms with Crippen LogP contribution >= 0.6 is 27.5 Å². The Hall–Kier alpha value is -1.57. The molecule has 0 radical (unpaired) electrons. The van der Waals surface area contributed by atoms with Crippen molar-refractivity contribution in [2.75, 3.05) is 11.4 Å². The molecule has 21 heavy (non-hydrogen) atoms. The van der Waals surface area contributed by atoms with Gasteiger partial charge in [-0.2, -0.15) is 5.26 Å². The molecule has 2 rings (SSSR count). The molecule has 2 aromatic rings. The summed E-state index contributed by atoms with van der Waals surface area (Å²) in [7, 11) is 0. The summed E-state index contributed by atoms with van der Waals surface area (Å²) < 4.78 is 1.000. The SMILES string of the molecule is N#CCCN(Cc1cccnc1)c1cc(Br)ccc1CCl. The second-order valence-electron chi connectivity index (χ2n) is 4.60. The van der Waals surface area contributed by atoms with Crippen LogP contribution in [0.15, 0.2) is 47.2 Å². The number of aromatic nitrogens is 1. The van der Waals surface area contributed by atoms with Gasteiger partial charge in [0.2, 0.25) is 0 Å². The van der Waals surface area contributed by atoms with E-state index < -0.39 is 0 Å². The normalized spacial score (nSPS) is 10.1. The van der Waals surface area contributed by atoms with Gasteiger partial charge in [-0.05, 0) is 29.3 Å². The third-order valence-electron chi connectivity index (χ3n) is 3.12. The van der Waals surface area contributed by atoms with E-state index in [0.717, 1.165) is 21.3 Å². The Morgan fingerprint density at radius 1 is 1.33 bits per heavy atom. The quantitative estimate of drug-likeness (QED) is 0.708. The summed E-state index contributed by atoms with van der Waals surface area (Å²) in [6.07, 6.45) is 4.07. The van der Waals surface area contributed by atoms with Crippen LogP contribution in [-0.4, -0.2) is 11.5 Å². The van der Waals surface area contributed by atoms with E-state index in [1.807, 2.05) is 36.5 Å². The number of pyridine rings is 1. The smallest absolute Gasteiger partial charge is 0.0640 e. The fourth-order valence-corrected chi connectivity index (χ4v) is 2.70. The Labute approximate surface area is 138 Å². The molecule has 0 N–H and O–H groups in total. The van der Waals surface area contributed by atoms with Gasteiger partial charge in [-0.25, -0.2) is 0 Å². The first-order chi connectivity index (χ1) is 10.2. The Bertz CT molecular complexity index is 625. The van der Waals surface area contributed by atoms with Gasteiger partial charge < -0.3 is 4.90 Å². The molecule has 108 valence electrons. The van der Waals surface area contributed by atoms with Gasteiger partial charge in [0.05, 0.1) is 12.5 Å². The summed E-state index contributed by atoms with van der Waals surface area (Å²) in [5, 5.41) is 8.88. The molecule has 0 saturated carbocycles. The van der Waals surface area contributed by atoms with Crippen LogP contribution in [0.2, 0.25) is 0 Å². The zero-order valence-electron chi connectivity index (χ0n) is 11.5. The van der Waals surface area contributed by atoms with Gasteiger partial charge in [-0.3, -0.25) is 4.98 Å². The average molecular weight is 365 g/mol. The molecule has 0 aliphatic carbocycles. The molecule has 0 aliphatic rings. The molecule has 1 heterocycles. The molecular weight excluding hydrogens is 350 g/mol. The highest BCUT2D eigenvalue weighted by Crippen LogP contribution is 2.28. The van der Waals surface area contributed by atoms with Crippen LogP contribution in [0.1, 0.15) is 17.5 Å². The molecule has 3 nitrogen and oxygen atoms in total. The highest BCUT2D eigenvalue weighted by Gasteiger charge is 2.12. The van der Waals surface area contributed by atoms with Crippen LogP contribution < -0.4 is 4.90 Å². The number of rotatable bonds is 6. The molecule has 0 spiro atoms. The molecule has 1 aromatic heterocycles. The van der Waals surface area contributed by atoms with Crippen molar-refractivity contribution in [2.24, 2.45) is 0 Å². The first kappa shape index (κ1) is 15.8. The van der Waals surface area contributed by atoms with E-state index in [9.17, 15) is 0 Å². The van der Waals surface area contributed by atoms with Crippen molar-refractivity contribution in [2.45, 2.75) is 18.8 Å². The van der Waals surface area contributed by atoms with Gasteiger partial charge in [0.1, 0.15) is 0 Å². The highest BCUT2D eigenvalue weighted by molar-refractivity contribution is 9.10. The summed E-state index contributed by atoms with van der Waals surface area (Å²) in [6.45, 7) is 1.36.